The minimum atomic E-state index is -4.39. The number of phosphoric acid groups is 1. The molecule has 0 amide bonds. The molecule has 81 heavy (non-hydrogen) atoms. The Balaban J connectivity index is 3.89. The van der Waals surface area contributed by atoms with Crippen LogP contribution in [-0.2, 0) is 32.7 Å². The van der Waals surface area contributed by atoms with Gasteiger partial charge in [-0.1, -0.05) is 297 Å². The fourth-order valence-electron chi connectivity index (χ4n) is 9.50. The fraction of sp³-hybridized carbons (Fsp3) is 0.746. The second-order valence-corrected chi connectivity index (χ2v) is 23.8. The number of nitrogens with two attached hydrogens (primary N) is 1. The number of phosphoric ester groups is 1. The number of hydrogen-bond donors (Lipinski definition) is 2. The molecular formula is C71H126NO8P. The van der Waals surface area contributed by atoms with Crippen LogP contribution >= 0.6 is 7.82 Å². The van der Waals surface area contributed by atoms with Crippen LogP contribution < -0.4 is 5.73 Å². The van der Waals surface area contributed by atoms with Gasteiger partial charge < -0.3 is 20.1 Å². The molecule has 0 bridgehead atoms. The molecule has 0 saturated heterocycles. The maximum Gasteiger partial charge on any atom is 0.472 e. The summed E-state index contributed by atoms with van der Waals surface area (Å²) in [6.45, 7) is 3.66. The molecule has 0 fully saturated rings. The van der Waals surface area contributed by atoms with Crippen molar-refractivity contribution in [1.82, 2.24) is 0 Å². The molecule has 0 aliphatic rings. The SMILES string of the molecule is CC/C=C\C/C=C\C/C=C\C/C=C\C/C=C\C/C=C\C/C=C\CCCCCCCCCCCCCCCCCC(=O)OC(COC(=O)CCCCCCCCCCCCC/C=C\CCCCCCCCCC)COP(=O)(O)OCCN. The molecule has 0 aromatic heterocycles. The molecule has 0 saturated carbocycles. The van der Waals surface area contributed by atoms with Gasteiger partial charge in [0, 0.05) is 19.4 Å². The fourth-order valence-corrected chi connectivity index (χ4v) is 10.3. The lowest BCUT2D eigenvalue weighted by atomic mass is 10.0. The Morgan fingerprint density at radius 2 is 0.679 bits per heavy atom. The zero-order valence-corrected chi connectivity index (χ0v) is 53.4. The smallest absolute Gasteiger partial charge is 0.462 e. The molecule has 0 rings (SSSR count). The number of ether oxygens (including phenoxy) is 2. The number of unbranched alkanes of at least 4 members (excludes halogenated alkanes) is 34. The van der Waals surface area contributed by atoms with Gasteiger partial charge in [0.2, 0.25) is 0 Å². The third kappa shape index (κ3) is 65.9. The van der Waals surface area contributed by atoms with Gasteiger partial charge in [0.05, 0.1) is 13.2 Å². The highest BCUT2D eigenvalue weighted by molar-refractivity contribution is 7.47. The average Bonchev–Trinajstić information content (AvgIpc) is 3.46. The van der Waals surface area contributed by atoms with E-state index in [9.17, 15) is 19.0 Å². The van der Waals surface area contributed by atoms with Crippen molar-refractivity contribution in [1.29, 1.82) is 0 Å². The van der Waals surface area contributed by atoms with Crippen molar-refractivity contribution in [2.24, 2.45) is 5.73 Å². The van der Waals surface area contributed by atoms with Gasteiger partial charge in [0.25, 0.3) is 0 Å². The lowest BCUT2D eigenvalue weighted by Gasteiger charge is -2.19. The highest BCUT2D eigenvalue weighted by Crippen LogP contribution is 2.43. The van der Waals surface area contributed by atoms with Crippen LogP contribution in [0.4, 0.5) is 0 Å². The minimum absolute atomic E-state index is 0.0514. The van der Waals surface area contributed by atoms with Gasteiger partial charge in [-0.2, -0.15) is 0 Å². The van der Waals surface area contributed by atoms with Crippen LogP contribution in [0, 0.1) is 0 Å². The standard InChI is InChI=1S/C71H126NO8P/c1-3-5-7-9-11-13-15-17-19-21-23-25-27-28-29-30-31-32-33-34-35-36-37-38-39-40-42-44-46-48-50-52-54-56-58-60-62-64-71(74)80-69(68-79-81(75,76)78-66-65-72)67-77-70(73)63-61-59-57-55-53-51-49-47-45-43-41-26-24-22-20-18-16-14-12-10-8-6-4-2/h5,7,11,13,17,19,22-25,28-29,31-32,34-35,69H,3-4,6,8-10,12,14-16,18,20-21,26-27,30,33,36-68,72H2,1-2H3,(H,75,76)/b7-5-,13-11-,19-17-,24-22-,25-23-,29-28-,32-31-,35-34-. The minimum Gasteiger partial charge on any atom is -0.462 e. The predicted molar refractivity (Wildman–Crippen MR) is 348 cm³/mol. The first kappa shape index (κ1) is 77.9. The Kier molecular flexibility index (Phi) is 63.6. The molecule has 3 N–H and O–H groups in total. The normalized spacial score (nSPS) is 13.6. The molecule has 0 heterocycles. The van der Waals surface area contributed by atoms with E-state index in [-0.39, 0.29) is 38.6 Å². The highest BCUT2D eigenvalue weighted by atomic mass is 31.2. The maximum atomic E-state index is 12.8. The second-order valence-electron chi connectivity index (χ2n) is 22.3. The third-order valence-corrected chi connectivity index (χ3v) is 15.4. The summed E-state index contributed by atoms with van der Waals surface area (Å²) in [7, 11) is -4.39. The van der Waals surface area contributed by atoms with E-state index < -0.39 is 26.5 Å². The molecule has 0 aliphatic carbocycles. The number of hydrogen-bond acceptors (Lipinski definition) is 8. The van der Waals surface area contributed by atoms with Crippen molar-refractivity contribution in [3.8, 4) is 0 Å². The van der Waals surface area contributed by atoms with E-state index in [4.69, 9.17) is 24.3 Å². The topological polar surface area (TPSA) is 134 Å². The largest absolute Gasteiger partial charge is 0.472 e. The molecule has 9 nitrogen and oxygen atoms in total. The second kappa shape index (κ2) is 66.1. The molecule has 0 aromatic carbocycles. The van der Waals surface area contributed by atoms with Crippen LogP contribution in [0.25, 0.3) is 0 Å². The molecule has 10 heteroatoms. The van der Waals surface area contributed by atoms with Crippen LogP contribution in [0.1, 0.15) is 309 Å². The van der Waals surface area contributed by atoms with E-state index in [1.807, 2.05) is 0 Å². The van der Waals surface area contributed by atoms with Crippen LogP contribution in [0.5, 0.6) is 0 Å². The molecular weight excluding hydrogens is 1030 g/mol. The summed E-state index contributed by atoms with van der Waals surface area (Å²) in [5.41, 5.74) is 5.40. The molecule has 0 aliphatic heterocycles. The van der Waals surface area contributed by atoms with E-state index >= 15 is 0 Å². The van der Waals surface area contributed by atoms with Gasteiger partial charge in [0.15, 0.2) is 6.10 Å². The van der Waals surface area contributed by atoms with Gasteiger partial charge >= 0.3 is 19.8 Å². The lowest BCUT2D eigenvalue weighted by Crippen LogP contribution is -2.29. The van der Waals surface area contributed by atoms with E-state index in [0.717, 1.165) is 83.5 Å². The van der Waals surface area contributed by atoms with Gasteiger partial charge in [-0.15, -0.1) is 0 Å². The van der Waals surface area contributed by atoms with Gasteiger partial charge in [-0.3, -0.25) is 18.6 Å². The van der Waals surface area contributed by atoms with E-state index in [2.05, 4.69) is 111 Å². The Hall–Kier alpha value is -3.07. The zero-order chi connectivity index (χ0) is 58.7. The van der Waals surface area contributed by atoms with Crippen LogP contribution in [0.2, 0.25) is 0 Å². The van der Waals surface area contributed by atoms with Crippen molar-refractivity contribution in [2.75, 3.05) is 26.4 Å². The Morgan fingerprint density at radius 3 is 1.02 bits per heavy atom. The van der Waals surface area contributed by atoms with Crippen molar-refractivity contribution in [2.45, 2.75) is 315 Å². The summed E-state index contributed by atoms with van der Waals surface area (Å²) < 4.78 is 33.2. The zero-order valence-electron chi connectivity index (χ0n) is 52.5. The monoisotopic (exact) mass is 1150 g/mol. The van der Waals surface area contributed by atoms with Crippen molar-refractivity contribution in [3.63, 3.8) is 0 Å². The van der Waals surface area contributed by atoms with Crippen molar-refractivity contribution >= 4 is 19.8 Å². The molecule has 0 radical (unpaired) electrons. The molecule has 2 atom stereocenters. The maximum absolute atomic E-state index is 12.8. The summed E-state index contributed by atoms with van der Waals surface area (Å²) >= 11 is 0. The lowest BCUT2D eigenvalue weighted by molar-refractivity contribution is -0.161. The highest BCUT2D eigenvalue weighted by Gasteiger charge is 2.26. The van der Waals surface area contributed by atoms with Gasteiger partial charge in [-0.05, 0) is 96.3 Å². The number of rotatable bonds is 63. The van der Waals surface area contributed by atoms with Crippen LogP contribution in [-0.4, -0.2) is 49.3 Å². The van der Waals surface area contributed by atoms with E-state index in [1.165, 1.54) is 193 Å². The number of allylic oxidation sites excluding steroid dienone is 16. The summed E-state index contributed by atoms with van der Waals surface area (Å²) in [4.78, 5) is 35.3. The quantitative estimate of drug-likeness (QED) is 0.0264. The Bertz CT molecular complexity index is 1650. The summed E-state index contributed by atoms with van der Waals surface area (Å²) in [5.74, 6) is -0.820. The summed E-state index contributed by atoms with van der Waals surface area (Å²) in [6, 6.07) is 0. The first-order valence-corrected chi connectivity index (χ1v) is 35.2. The molecule has 468 valence electrons. The first-order valence-electron chi connectivity index (χ1n) is 33.7. The van der Waals surface area contributed by atoms with Gasteiger partial charge in [-0.25, -0.2) is 4.57 Å². The molecule has 0 aromatic rings. The predicted octanol–water partition coefficient (Wildman–Crippen LogP) is 22.0. The first-order chi connectivity index (χ1) is 39.8. The number of carbonyl (C=O) groups excluding carboxylic acids is 2. The van der Waals surface area contributed by atoms with Crippen molar-refractivity contribution < 1.29 is 37.6 Å². The molecule has 0 spiro atoms. The summed E-state index contributed by atoms with van der Waals surface area (Å²) in [5, 5.41) is 0. The Labute approximate surface area is 499 Å². The number of esters is 2. The van der Waals surface area contributed by atoms with Crippen LogP contribution in [0.15, 0.2) is 97.2 Å². The van der Waals surface area contributed by atoms with E-state index in [0.29, 0.717) is 6.42 Å². The molecule has 2 unspecified atom stereocenters. The van der Waals surface area contributed by atoms with Crippen molar-refractivity contribution in [3.05, 3.63) is 97.2 Å². The third-order valence-electron chi connectivity index (χ3n) is 14.5. The van der Waals surface area contributed by atoms with Crippen LogP contribution in [0.3, 0.4) is 0 Å². The average molecular weight is 1150 g/mol. The Morgan fingerprint density at radius 1 is 0.383 bits per heavy atom. The summed E-state index contributed by atoms with van der Waals surface area (Å²) in [6.07, 6.45) is 89.2. The van der Waals surface area contributed by atoms with Gasteiger partial charge in [0.1, 0.15) is 6.61 Å². The van der Waals surface area contributed by atoms with E-state index in [1.54, 1.807) is 0 Å². The number of carbonyl (C=O) groups is 2.